The minimum Gasteiger partial charge on any atom is -0.507 e. The molecular formula is C20H24F2N4O2. The van der Waals surface area contributed by atoms with Gasteiger partial charge in [0.2, 0.25) is 0 Å². The zero-order chi connectivity index (χ0) is 20.5. The van der Waals surface area contributed by atoms with E-state index in [0.29, 0.717) is 24.6 Å². The molecule has 2 aromatic carbocycles. The van der Waals surface area contributed by atoms with Crippen molar-refractivity contribution >= 4 is 11.9 Å². The van der Waals surface area contributed by atoms with Gasteiger partial charge in [0.05, 0.1) is 18.2 Å². The number of hydrogen-bond donors (Lipinski definition) is 4. The van der Waals surface area contributed by atoms with Gasteiger partial charge < -0.3 is 21.1 Å². The lowest BCUT2D eigenvalue weighted by Crippen LogP contribution is -2.39. The average molecular weight is 390 g/mol. The largest absolute Gasteiger partial charge is 0.507 e. The third kappa shape index (κ3) is 5.94. The third-order valence-electron chi connectivity index (χ3n) is 3.96. The van der Waals surface area contributed by atoms with Crippen LogP contribution in [0.3, 0.4) is 0 Å². The van der Waals surface area contributed by atoms with Crippen LogP contribution < -0.4 is 16.0 Å². The number of halogens is 2. The first-order valence-corrected chi connectivity index (χ1v) is 8.98. The van der Waals surface area contributed by atoms with E-state index in [2.05, 4.69) is 20.9 Å². The maximum absolute atomic E-state index is 13.4. The highest BCUT2D eigenvalue weighted by Crippen LogP contribution is 2.16. The Labute approximate surface area is 162 Å². The minimum atomic E-state index is -0.903. The molecule has 0 radical (unpaired) electrons. The van der Waals surface area contributed by atoms with Crippen molar-refractivity contribution in [2.75, 3.05) is 19.6 Å². The molecule has 0 aliphatic heterocycles. The highest BCUT2D eigenvalue weighted by molar-refractivity contribution is 5.96. The van der Waals surface area contributed by atoms with Gasteiger partial charge in [-0.05, 0) is 43.7 Å². The molecule has 0 saturated heterocycles. The van der Waals surface area contributed by atoms with E-state index in [1.165, 1.54) is 18.2 Å². The molecule has 0 spiro atoms. The summed E-state index contributed by atoms with van der Waals surface area (Å²) in [5.41, 5.74) is 0.779. The molecule has 0 saturated carbocycles. The van der Waals surface area contributed by atoms with Crippen molar-refractivity contribution in [2.45, 2.75) is 19.9 Å². The van der Waals surface area contributed by atoms with Crippen molar-refractivity contribution in [3.8, 4) is 5.75 Å². The molecule has 150 valence electrons. The fourth-order valence-electron chi connectivity index (χ4n) is 2.49. The lowest BCUT2D eigenvalue weighted by Gasteiger charge is -2.18. The quantitative estimate of drug-likeness (QED) is 0.333. The number of aromatic hydroxyl groups is 1. The van der Waals surface area contributed by atoms with Crippen LogP contribution in [0, 0.1) is 11.6 Å². The maximum atomic E-state index is 13.4. The molecule has 0 aromatic heterocycles. The van der Waals surface area contributed by atoms with E-state index in [1.807, 2.05) is 6.92 Å². The molecule has 0 fully saturated rings. The van der Waals surface area contributed by atoms with Crippen molar-refractivity contribution in [2.24, 2.45) is 4.99 Å². The molecular weight excluding hydrogens is 366 g/mol. The Kier molecular flexibility index (Phi) is 7.74. The van der Waals surface area contributed by atoms with E-state index in [4.69, 9.17) is 0 Å². The molecule has 1 unspecified atom stereocenters. The predicted octanol–water partition coefficient (Wildman–Crippen LogP) is 2.72. The van der Waals surface area contributed by atoms with Crippen LogP contribution in [0.2, 0.25) is 0 Å². The van der Waals surface area contributed by atoms with Crippen LogP contribution >= 0.6 is 0 Å². The first-order chi connectivity index (χ1) is 13.4. The Morgan fingerprint density at radius 2 is 1.89 bits per heavy atom. The highest BCUT2D eigenvalue weighted by atomic mass is 19.2. The second kappa shape index (κ2) is 10.2. The molecule has 0 aliphatic carbocycles. The third-order valence-corrected chi connectivity index (χ3v) is 3.96. The van der Waals surface area contributed by atoms with E-state index in [9.17, 15) is 18.7 Å². The fourth-order valence-corrected chi connectivity index (χ4v) is 2.49. The van der Waals surface area contributed by atoms with Gasteiger partial charge in [0.1, 0.15) is 5.75 Å². The topological polar surface area (TPSA) is 85.8 Å². The summed E-state index contributed by atoms with van der Waals surface area (Å²) in [6.07, 6.45) is 0. The standard InChI is InChI=1S/C20H24F2N4O2/c1-3-23-20(26-13(2)14-8-9-16(21)17(22)12-14)25-11-10-24-19(28)15-6-4-5-7-18(15)27/h4-9,12-13,27H,3,10-11H2,1-2H3,(H,24,28)(H2,23,25,26). The van der Waals surface area contributed by atoms with Crippen molar-refractivity contribution in [1.82, 2.24) is 16.0 Å². The highest BCUT2D eigenvalue weighted by Gasteiger charge is 2.11. The molecule has 8 heteroatoms. The van der Waals surface area contributed by atoms with Crippen LogP contribution in [0.1, 0.15) is 35.8 Å². The minimum absolute atomic E-state index is 0.0844. The molecule has 0 heterocycles. The number of phenols is 1. The zero-order valence-corrected chi connectivity index (χ0v) is 15.8. The summed E-state index contributed by atoms with van der Waals surface area (Å²) in [6, 6.07) is 9.71. The van der Waals surface area contributed by atoms with Crippen LogP contribution in [-0.4, -0.2) is 36.6 Å². The summed E-state index contributed by atoms with van der Waals surface area (Å²) in [6.45, 7) is 4.88. The van der Waals surface area contributed by atoms with Crippen LogP contribution in [0.5, 0.6) is 5.75 Å². The Balaban J connectivity index is 1.91. The molecule has 2 aromatic rings. The Morgan fingerprint density at radius 1 is 1.14 bits per heavy atom. The number of hydrogen-bond acceptors (Lipinski definition) is 3. The maximum Gasteiger partial charge on any atom is 0.255 e. The van der Waals surface area contributed by atoms with Gasteiger partial charge in [-0.15, -0.1) is 0 Å². The lowest BCUT2D eigenvalue weighted by molar-refractivity contribution is 0.0952. The van der Waals surface area contributed by atoms with Gasteiger partial charge in [0, 0.05) is 13.1 Å². The summed E-state index contributed by atoms with van der Waals surface area (Å²) in [5.74, 6) is -1.78. The molecule has 0 aliphatic rings. The van der Waals surface area contributed by atoms with Crippen LogP contribution in [0.25, 0.3) is 0 Å². The molecule has 6 nitrogen and oxygen atoms in total. The number of phenolic OH excluding ortho intramolecular Hbond substituents is 1. The van der Waals surface area contributed by atoms with Crippen LogP contribution in [-0.2, 0) is 0 Å². The lowest BCUT2D eigenvalue weighted by atomic mass is 10.1. The number of rotatable bonds is 7. The predicted molar refractivity (Wildman–Crippen MR) is 104 cm³/mol. The van der Waals surface area contributed by atoms with Crippen molar-refractivity contribution in [1.29, 1.82) is 0 Å². The number of aliphatic imine (C=N–C) groups is 1. The SMILES string of the molecule is CCNC(=NCCNC(=O)c1ccccc1O)NC(C)c1ccc(F)c(F)c1. The second-order valence-electron chi connectivity index (χ2n) is 6.07. The van der Waals surface area contributed by atoms with E-state index in [1.54, 1.807) is 19.1 Å². The van der Waals surface area contributed by atoms with Gasteiger partial charge in [-0.25, -0.2) is 8.78 Å². The smallest absolute Gasteiger partial charge is 0.255 e. The normalized spacial score (nSPS) is 12.4. The number of nitrogens with one attached hydrogen (secondary N) is 3. The summed E-state index contributed by atoms with van der Waals surface area (Å²) in [5, 5.41) is 18.5. The van der Waals surface area contributed by atoms with Crippen LogP contribution in [0.4, 0.5) is 8.78 Å². The second-order valence-corrected chi connectivity index (χ2v) is 6.07. The summed E-state index contributed by atoms with van der Waals surface area (Å²) in [4.78, 5) is 16.4. The number of benzene rings is 2. The Morgan fingerprint density at radius 3 is 2.57 bits per heavy atom. The number of guanidine groups is 1. The molecule has 0 bridgehead atoms. The Hall–Kier alpha value is -3.16. The summed E-state index contributed by atoms with van der Waals surface area (Å²) in [7, 11) is 0. The van der Waals surface area contributed by atoms with Gasteiger partial charge in [0.25, 0.3) is 5.91 Å². The van der Waals surface area contributed by atoms with Gasteiger partial charge in [0.15, 0.2) is 17.6 Å². The van der Waals surface area contributed by atoms with Crippen LogP contribution in [0.15, 0.2) is 47.5 Å². The van der Waals surface area contributed by atoms with Gasteiger partial charge in [-0.1, -0.05) is 18.2 Å². The molecule has 28 heavy (non-hydrogen) atoms. The van der Waals surface area contributed by atoms with E-state index < -0.39 is 11.6 Å². The number of carbonyl (C=O) groups excluding carboxylic acids is 1. The van der Waals surface area contributed by atoms with Crippen molar-refractivity contribution in [3.05, 3.63) is 65.2 Å². The van der Waals surface area contributed by atoms with E-state index in [-0.39, 0.29) is 29.8 Å². The first kappa shape index (κ1) is 21.1. The van der Waals surface area contributed by atoms with Gasteiger partial charge >= 0.3 is 0 Å². The molecule has 1 amide bonds. The van der Waals surface area contributed by atoms with Gasteiger partial charge in [-0.3, -0.25) is 9.79 Å². The van der Waals surface area contributed by atoms with E-state index in [0.717, 1.165) is 12.1 Å². The number of carbonyl (C=O) groups is 1. The van der Waals surface area contributed by atoms with Gasteiger partial charge in [-0.2, -0.15) is 0 Å². The summed E-state index contributed by atoms with van der Waals surface area (Å²) >= 11 is 0. The summed E-state index contributed by atoms with van der Waals surface area (Å²) < 4.78 is 26.5. The first-order valence-electron chi connectivity index (χ1n) is 8.98. The molecule has 4 N–H and O–H groups in total. The Bertz CT molecular complexity index is 843. The number of amides is 1. The number of para-hydroxylation sites is 1. The average Bonchev–Trinajstić information content (AvgIpc) is 2.67. The van der Waals surface area contributed by atoms with Crippen molar-refractivity contribution in [3.63, 3.8) is 0 Å². The fraction of sp³-hybridized carbons (Fsp3) is 0.300. The zero-order valence-electron chi connectivity index (χ0n) is 15.8. The monoisotopic (exact) mass is 390 g/mol. The van der Waals surface area contributed by atoms with E-state index >= 15 is 0 Å². The molecule has 1 atom stereocenters. The molecule has 2 rings (SSSR count). The van der Waals surface area contributed by atoms with Crippen molar-refractivity contribution < 1.29 is 18.7 Å². The number of nitrogens with zero attached hydrogens (tertiary/aromatic N) is 1.